The molecule has 2 aliphatic rings. The van der Waals surface area contributed by atoms with Gasteiger partial charge in [-0.1, -0.05) is 0 Å². The topological polar surface area (TPSA) is 83.5 Å². The number of cyclic esters (lactones) is 1. The van der Waals surface area contributed by atoms with Gasteiger partial charge in [-0.2, -0.15) is 0 Å². The van der Waals surface area contributed by atoms with E-state index in [0.29, 0.717) is 23.5 Å². The molecular weight excluding hydrogens is 328 g/mol. The molecular formula is C18H22O7. The third kappa shape index (κ3) is 2.94. The molecule has 7 heteroatoms. The van der Waals surface area contributed by atoms with E-state index in [1.165, 1.54) is 14.2 Å². The second-order valence-corrected chi connectivity index (χ2v) is 6.08. The Kier molecular flexibility index (Phi) is 4.87. The Labute approximate surface area is 146 Å². The molecule has 1 unspecified atom stereocenters. The van der Waals surface area contributed by atoms with Gasteiger partial charge in [0, 0.05) is 19.1 Å². The van der Waals surface area contributed by atoms with Gasteiger partial charge in [0.15, 0.2) is 0 Å². The van der Waals surface area contributed by atoms with E-state index < -0.39 is 18.2 Å². The fourth-order valence-electron chi connectivity index (χ4n) is 3.56. The summed E-state index contributed by atoms with van der Waals surface area (Å²) in [7, 11) is 4.60. The lowest BCUT2D eigenvalue weighted by atomic mass is 9.76. The van der Waals surface area contributed by atoms with E-state index in [9.17, 15) is 9.90 Å². The van der Waals surface area contributed by atoms with Gasteiger partial charge in [-0.25, -0.2) is 4.79 Å². The first-order chi connectivity index (χ1) is 12.0. The van der Waals surface area contributed by atoms with Crippen molar-refractivity contribution in [1.82, 2.24) is 0 Å². The molecule has 1 saturated heterocycles. The summed E-state index contributed by atoms with van der Waals surface area (Å²) in [6, 6.07) is 3.51. The van der Waals surface area contributed by atoms with Crippen LogP contribution in [0.2, 0.25) is 0 Å². The summed E-state index contributed by atoms with van der Waals surface area (Å²) in [5.74, 6) is 0.0615. The molecule has 1 fully saturated rings. The second-order valence-electron chi connectivity index (χ2n) is 6.08. The lowest BCUT2D eigenvalue weighted by Gasteiger charge is -2.39. The van der Waals surface area contributed by atoms with E-state index >= 15 is 0 Å². The molecule has 3 atom stereocenters. The van der Waals surface area contributed by atoms with Gasteiger partial charge >= 0.3 is 5.97 Å². The Hall–Kier alpha value is -2.25. The predicted molar refractivity (Wildman–Crippen MR) is 88.6 cm³/mol. The normalized spacial score (nSPS) is 25.1. The van der Waals surface area contributed by atoms with Gasteiger partial charge in [0.05, 0.1) is 25.4 Å². The number of carbonyl (C=O) groups excluding carboxylic acids is 1. The fraction of sp³-hybridized carbons (Fsp3) is 0.500. The van der Waals surface area contributed by atoms with Crippen LogP contribution in [0.4, 0.5) is 0 Å². The first-order valence-corrected chi connectivity index (χ1v) is 8.01. The molecule has 0 aromatic heterocycles. The summed E-state index contributed by atoms with van der Waals surface area (Å²) in [6.07, 6.45) is -0.366. The number of carbonyl (C=O) groups is 1. The van der Waals surface area contributed by atoms with Crippen molar-refractivity contribution < 1.29 is 33.6 Å². The van der Waals surface area contributed by atoms with Gasteiger partial charge in [0.2, 0.25) is 0 Å². The van der Waals surface area contributed by atoms with Crippen molar-refractivity contribution in [2.75, 3.05) is 28.1 Å². The number of methoxy groups -OCH3 is 3. The maximum atomic E-state index is 12.4. The third-order valence-corrected chi connectivity index (χ3v) is 4.67. The Balaban J connectivity index is 2.11. The Morgan fingerprint density at radius 1 is 1.24 bits per heavy atom. The molecule has 7 nitrogen and oxygen atoms in total. The lowest BCUT2D eigenvalue weighted by Crippen LogP contribution is -2.47. The van der Waals surface area contributed by atoms with E-state index in [1.54, 1.807) is 20.1 Å². The predicted octanol–water partition coefficient (Wildman–Crippen LogP) is 2.08. The number of ether oxygens (including phenoxy) is 5. The highest BCUT2D eigenvalue weighted by atomic mass is 16.7. The molecule has 0 bridgehead atoms. The number of hydrogen-bond acceptors (Lipinski definition) is 7. The minimum Gasteiger partial charge on any atom is -0.507 e. The van der Waals surface area contributed by atoms with Gasteiger partial charge in [-0.15, -0.1) is 0 Å². The molecule has 1 aliphatic carbocycles. The number of hydrogen-bond donors (Lipinski definition) is 1. The van der Waals surface area contributed by atoms with Crippen LogP contribution in [0.1, 0.15) is 18.1 Å². The van der Waals surface area contributed by atoms with Crippen molar-refractivity contribution in [3.05, 3.63) is 28.8 Å². The Morgan fingerprint density at radius 2 is 2.00 bits per heavy atom. The zero-order valence-corrected chi connectivity index (χ0v) is 14.7. The monoisotopic (exact) mass is 350 g/mol. The summed E-state index contributed by atoms with van der Waals surface area (Å²) < 4.78 is 26.8. The standard InChI is InChI=1S/C18H22O7/c1-9-17(24-8-21-2)12-6-10-5-11(22-3)7-13(23-4)14(10)16(19)15(12)18(20)25-9/h5,7,9,12,17,19H,6,8H2,1-4H3/t9-,12?,17+/m0/s1. The molecule has 1 heterocycles. The molecule has 1 aromatic rings. The van der Waals surface area contributed by atoms with Crippen molar-refractivity contribution in [1.29, 1.82) is 0 Å². The number of esters is 1. The van der Waals surface area contributed by atoms with Crippen LogP contribution in [-0.2, 0) is 25.4 Å². The van der Waals surface area contributed by atoms with Gasteiger partial charge < -0.3 is 28.8 Å². The van der Waals surface area contributed by atoms with Crippen LogP contribution in [0, 0.1) is 5.92 Å². The molecule has 1 aliphatic heterocycles. The molecule has 136 valence electrons. The first kappa shape index (κ1) is 17.6. The van der Waals surface area contributed by atoms with Gasteiger partial charge in [0.1, 0.15) is 36.3 Å². The average Bonchev–Trinajstić information content (AvgIpc) is 2.60. The average molecular weight is 350 g/mol. The van der Waals surface area contributed by atoms with Crippen LogP contribution < -0.4 is 9.47 Å². The highest BCUT2D eigenvalue weighted by Crippen LogP contribution is 2.45. The summed E-state index contributed by atoms with van der Waals surface area (Å²) in [4.78, 5) is 12.4. The number of aliphatic hydroxyl groups is 1. The van der Waals surface area contributed by atoms with Gasteiger partial charge in [-0.05, 0) is 25.0 Å². The lowest BCUT2D eigenvalue weighted by molar-refractivity contribution is -0.176. The highest BCUT2D eigenvalue weighted by Gasteiger charge is 2.46. The molecule has 0 spiro atoms. The minimum absolute atomic E-state index is 0.0748. The quantitative estimate of drug-likeness (QED) is 0.643. The maximum absolute atomic E-state index is 12.4. The summed E-state index contributed by atoms with van der Waals surface area (Å²) >= 11 is 0. The van der Waals surface area contributed by atoms with Crippen molar-refractivity contribution in [3.8, 4) is 11.5 Å². The van der Waals surface area contributed by atoms with Gasteiger partial charge in [0.25, 0.3) is 0 Å². The van der Waals surface area contributed by atoms with E-state index in [-0.39, 0.29) is 24.0 Å². The van der Waals surface area contributed by atoms with E-state index in [4.69, 9.17) is 23.7 Å². The van der Waals surface area contributed by atoms with Crippen molar-refractivity contribution in [2.45, 2.75) is 25.6 Å². The van der Waals surface area contributed by atoms with Crippen LogP contribution in [-0.4, -0.2) is 51.4 Å². The summed E-state index contributed by atoms with van der Waals surface area (Å²) in [5.41, 5.74) is 1.54. The van der Waals surface area contributed by atoms with Crippen LogP contribution >= 0.6 is 0 Å². The van der Waals surface area contributed by atoms with Crippen molar-refractivity contribution in [3.63, 3.8) is 0 Å². The fourth-order valence-corrected chi connectivity index (χ4v) is 3.56. The number of rotatable bonds is 5. The molecule has 25 heavy (non-hydrogen) atoms. The number of benzene rings is 1. The Bertz CT molecular complexity index is 710. The molecule has 0 saturated carbocycles. The molecule has 0 radical (unpaired) electrons. The molecule has 3 rings (SSSR count). The number of fused-ring (bicyclic) bond motifs is 2. The highest BCUT2D eigenvalue weighted by molar-refractivity contribution is 5.99. The summed E-state index contributed by atoms with van der Waals surface area (Å²) in [5, 5.41) is 10.8. The maximum Gasteiger partial charge on any atom is 0.338 e. The molecule has 0 amide bonds. The molecule has 1 N–H and O–H groups in total. The van der Waals surface area contributed by atoms with Crippen LogP contribution in [0.5, 0.6) is 11.5 Å². The first-order valence-electron chi connectivity index (χ1n) is 8.01. The third-order valence-electron chi connectivity index (χ3n) is 4.67. The van der Waals surface area contributed by atoms with Crippen molar-refractivity contribution in [2.24, 2.45) is 5.92 Å². The largest absolute Gasteiger partial charge is 0.507 e. The van der Waals surface area contributed by atoms with Crippen LogP contribution in [0.15, 0.2) is 17.7 Å². The van der Waals surface area contributed by atoms with E-state index in [0.717, 1.165) is 5.56 Å². The van der Waals surface area contributed by atoms with E-state index in [1.807, 2.05) is 6.07 Å². The van der Waals surface area contributed by atoms with Crippen LogP contribution in [0.3, 0.4) is 0 Å². The van der Waals surface area contributed by atoms with Gasteiger partial charge in [-0.3, -0.25) is 0 Å². The minimum atomic E-state index is -0.532. The number of aliphatic hydroxyl groups excluding tert-OH is 1. The molecule has 1 aromatic carbocycles. The van der Waals surface area contributed by atoms with E-state index in [2.05, 4.69) is 0 Å². The smallest absolute Gasteiger partial charge is 0.338 e. The zero-order chi connectivity index (χ0) is 18.1. The second kappa shape index (κ2) is 6.93. The van der Waals surface area contributed by atoms with Crippen LogP contribution in [0.25, 0.3) is 5.76 Å². The Morgan fingerprint density at radius 3 is 2.64 bits per heavy atom. The van der Waals surface area contributed by atoms with Crippen molar-refractivity contribution >= 4 is 11.7 Å². The summed E-state index contributed by atoms with van der Waals surface area (Å²) in [6.45, 7) is 1.85. The zero-order valence-electron chi connectivity index (χ0n) is 14.7. The SMILES string of the molecule is COCO[C@H]1C2Cc3cc(OC)cc(OC)c3C(O)=C2C(=O)O[C@H]1C.